The number of carboxylic acid groups (broad SMARTS) is 2. The molecular formula is C14H15NO5-2. The summed E-state index contributed by atoms with van der Waals surface area (Å²) in [6, 6.07) is 8.79. The highest BCUT2D eigenvalue weighted by Gasteiger charge is 2.27. The van der Waals surface area contributed by atoms with Crippen molar-refractivity contribution in [2.45, 2.75) is 31.7 Å². The van der Waals surface area contributed by atoms with E-state index >= 15 is 0 Å². The molecule has 0 aliphatic carbocycles. The summed E-state index contributed by atoms with van der Waals surface area (Å²) in [4.78, 5) is 33.3. The molecule has 1 aromatic carbocycles. The number of hydrogen-bond donors (Lipinski definition) is 1. The molecule has 0 radical (unpaired) electrons. The minimum absolute atomic E-state index is 0.00896. The smallest absolute Gasteiger partial charge is 0.225 e. The van der Waals surface area contributed by atoms with Gasteiger partial charge in [-0.25, -0.2) is 0 Å². The maximum atomic E-state index is 11.8. The molecule has 1 N–H and O–H groups in total. The van der Waals surface area contributed by atoms with Crippen LogP contribution in [0.3, 0.4) is 0 Å². The molecule has 0 spiro atoms. The van der Waals surface area contributed by atoms with E-state index in [-0.39, 0.29) is 12.8 Å². The van der Waals surface area contributed by atoms with Crippen LogP contribution in [0, 0.1) is 0 Å². The van der Waals surface area contributed by atoms with E-state index in [1.807, 2.05) is 0 Å². The summed E-state index contributed by atoms with van der Waals surface area (Å²) in [6.45, 7) is 1.22. The van der Waals surface area contributed by atoms with Gasteiger partial charge in [-0.15, -0.1) is 0 Å². The van der Waals surface area contributed by atoms with E-state index in [0.29, 0.717) is 0 Å². The van der Waals surface area contributed by atoms with Crippen LogP contribution in [-0.2, 0) is 20.8 Å². The first-order chi connectivity index (χ1) is 9.33. The second kappa shape index (κ2) is 6.70. The van der Waals surface area contributed by atoms with Gasteiger partial charge in [0.25, 0.3) is 0 Å². The lowest BCUT2D eigenvalue weighted by atomic mass is 9.95. The quantitative estimate of drug-likeness (QED) is 0.644. The first-order valence-corrected chi connectivity index (χ1v) is 6.10. The van der Waals surface area contributed by atoms with Gasteiger partial charge in [0.15, 0.2) is 0 Å². The summed E-state index contributed by atoms with van der Waals surface area (Å²) < 4.78 is 0. The summed E-state index contributed by atoms with van der Waals surface area (Å²) in [7, 11) is 0. The molecule has 6 nitrogen and oxygen atoms in total. The molecule has 0 aliphatic rings. The van der Waals surface area contributed by atoms with Crippen molar-refractivity contribution in [2.75, 3.05) is 0 Å². The van der Waals surface area contributed by atoms with Gasteiger partial charge in [-0.05, 0) is 25.3 Å². The van der Waals surface area contributed by atoms with E-state index in [9.17, 15) is 24.6 Å². The fraction of sp³-hybridized carbons (Fsp3) is 0.357. The van der Waals surface area contributed by atoms with Gasteiger partial charge in [-0.3, -0.25) is 4.79 Å². The van der Waals surface area contributed by atoms with Gasteiger partial charge in [0.2, 0.25) is 5.91 Å². The van der Waals surface area contributed by atoms with Crippen LogP contribution < -0.4 is 15.5 Å². The lowest BCUT2D eigenvalue weighted by Gasteiger charge is -2.32. The van der Waals surface area contributed by atoms with E-state index in [1.165, 1.54) is 6.92 Å². The zero-order chi connectivity index (χ0) is 15.2. The molecule has 6 heteroatoms. The van der Waals surface area contributed by atoms with E-state index in [0.717, 1.165) is 5.56 Å². The molecule has 1 atom stereocenters. The molecule has 1 aromatic rings. The summed E-state index contributed by atoms with van der Waals surface area (Å²) in [5, 5.41) is 23.8. The topological polar surface area (TPSA) is 109 Å². The van der Waals surface area contributed by atoms with Crippen molar-refractivity contribution in [3.63, 3.8) is 0 Å². The van der Waals surface area contributed by atoms with Crippen LogP contribution >= 0.6 is 0 Å². The Labute approximate surface area is 116 Å². The largest absolute Gasteiger partial charge is 0.550 e. The van der Waals surface area contributed by atoms with Crippen LogP contribution in [-0.4, -0.2) is 23.4 Å². The summed E-state index contributed by atoms with van der Waals surface area (Å²) in [5.74, 6) is -3.42. The normalized spacial score (nSPS) is 13.2. The number of carboxylic acids is 2. The molecule has 0 fully saturated rings. The highest BCUT2D eigenvalue weighted by Crippen LogP contribution is 2.12. The third kappa shape index (κ3) is 4.72. The predicted octanol–water partition coefficient (Wildman–Crippen LogP) is -1.62. The lowest BCUT2D eigenvalue weighted by molar-refractivity contribution is -0.315. The van der Waals surface area contributed by atoms with Crippen LogP contribution in [0.2, 0.25) is 0 Å². The van der Waals surface area contributed by atoms with Crippen molar-refractivity contribution in [3.8, 4) is 0 Å². The van der Waals surface area contributed by atoms with Gasteiger partial charge in [0.1, 0.15) is 0 Å². The van der Waals surface area contributed by atoms with Crippen molar-refractivity contribution >= 4 is 17.8 Å². The van der Waals surface area contributed by atoms with Gasteiger partial charge >= 0.3 is 0 Å². The van der Waals surface area contributed by atoms with Gasteiger partial charge in [0.05, 0.1) is 17.9 Å². The van der Waals surface area contributed by atoms with Crippen molar-refractivity contribution in [1.82, 2.24) is 5.32 Å². The second-order valence-electron chi connectivity index (χ2n) is 4.70. The highest BCUT2D eigenvalue weighted by atomic mass is 16.4. The van der Waals surface area contributed by atoms with Crippen molar-refractivity contribution in [3.05, 3.63) is 35.9 Å². The second-order valence-corrected chi connectivity index (χ2v) is 4.70. The Balaban J connectivity index is 2.68. The minimum Gasteiger partial charge on any atom is -0.550 e. The molecule has 0 bridgehead atoms. The summed E-state index contributed by atoms with van der Waals surface area (Å²) in [6.07, 6.45) is -0.761. The van der Waals surface area contributed by atoms with Crippen LogP contribution in [0.4, 0.5) is 0 Å². The molecular weight excluding hydrogens is 262 g/mol. The van der Waals surface area contributed by atoms with E-state index in [2.05, 4.69) is 5.32 Å². The number of nitrogens with one attached hydrogen (secondary N) is 1. The predicted molar refractivity (Wildman–Crippen MR) is 65.9 cm³/mol. The maximum Gasteiger partial charge on any atom is 0.225 e. The van der Waals surface area contributed by atoms with Gasteiger partial charge in [-0.2, -0.15) is 0 Å². The van der Waals surface area contributed by atoms with E-state index in [4.69, 9.17) is 0 Å². The van der Waals surface area contributed by atoms with E-state index in [1.54, 1.807) is 30.3 Å². The third-order valence-corrected chi connectivity index (χ3v) is 2.90. The van der Waals surface area contributed by atoms with Crippen LogP contribution in [0.15, 0.2) is 30.3 Å². The molecule has 20 heavy (non-hydrogen) atoms. The summed E-state index contributed by atoms with van der Waals surface area (Å²) in [5.41, 5.74) is -1.00. The molecule has 0 heterocycles. The Morgan fingerprint density at radius 3 is 2.25 bits per heavy atom. The maximum absolute atomic E-state index is 11.8. The van der Waals surface area contributed by atoms with Gasteiger partial charge in [0, 0.05) is 5.97 Å². The molecule has 108 valence electrons. The number of rotatable bonds is 7. The number of carbonyl (C=O) groups is 3. The molecule has 0 aliphatic heterocycles. The molecule has 0 unspecified atom stereocenters. The average molecular weight is 277 g/mol. The number of aliphatic carboxylic acids is 2. The standard InChI is InChI=1S/C14H17NO5/c1-14(13(19)20,8-7-12(17)18)15-11(16)9-10-5-3-2-4-6-10/h2-6H,7-9H2,1H3,(H,15,16)(H,17,18)(H,19,20)/p-2/t14-/m1/s1. The Morgan fingerprint density at radius 1 is 1.15 bits per heavy atom. The Kier molecular flexibility index (Phi) is 5.25. The first-order valence-electron chi connectivity index (χ1n) is 6.10. The van der Waals surface area contributed by atoms with Gasteiger partial charge in [-0.1, -0.05) is 30.3 Å². The number of benzene rings is 1. The SMILES string of the molecule is C[C@](CCC(=O)[O-])(NC(=O)Cc1ccccc1)C(=O)[O-]. The molecule has 1 amide bonds. The molecule has 0 saturated carbocycles. The monoisotopic (exact) mass is 277 g/mol. The van der Waals surface area contributed by atoms with Crippen LogP contribution in [0.25, 0.3) is 0 Å². The van der Waals surface area contributed by atoms with E-state index < -0.39 is 29.8 Å². The average Bonchev–Trinajstić information content (AvgIpc) is 2.37. The molecule has 0 saturated heterocycles. The Hall–Kier alpha value is -2.37. The van der Waals surface area contributed by atoms with Crippen LogP contribution in [0.5, 0.6) is 0 Å². The van der Waals surface area contributed by atoms with Crippen molar-refractivity contribution < 1.29 is 24.6 Å². The van der Waals surface area contributed by atoms with Crippen LogP contribution in [0.1, 0.15) is 25.3 Å². The Morgan fingerprint density at radius 2 is 1.75 bits per heavy atom. The Bertz CT molecular complexity index is 500. The van der Waals surface area contributed by atoms with Crippen molar-refractivity contribution in [2.24, 2.45) is 0 Å². The third-order valence-electron chi connectivity index (χ3n) is 2.90. The zero-order valence-corrected chi connectivity index (χ0v) is 11.0. The first kappa shape index (κ1) is 15.7. The number of amides is 1. The highest BCUT2D eigenvalue weighted by molar-refractivity contribution is 5.87. The fourth-order valence-electron chi connectivity index (χ4n) is 1.70. The molecule has 1 rings (SSSR count). The fourth-order valence-corrected chi connectivity index (χ4v) is 1.70. The zero-order valence-electron chi connectivity index (χ0n) is 11.0. The summed E-state index contributed by atoms with van der Waals surface area (Å²) >= 11 is 0. The van der Waals surface area contributed by atoms with Gasteiger partial charge < -0.3 is 25.1 Å². The minimum atomic E-state index is -1.73. The number of hydrogen-bond acceptors (Lipinski definition) is 5. The lowest BCUT2D eigenvalue weighted by Crippen LogP contribution is -2.58. The number of carbonyl (C=O) groups excluding carboxylic acids is 3. The van der Waals surface area contributed by atoms with Crippen molar-refractivity contribution in [1.29, 1.82) is 0 Å². The molecule has 0 aromatic heterocycles.